The maximum atomic E-state index is 13.3. The van der Waals surface area contributed by atoms with Gasteiger partial charge in [0.15, 0.2) is 0 Å². The Morgan fingerprint density at radius 2 is 2.05 bits per heavy atom. The van der Waals surface area contributed by atoms with E-state index in [4.69, 9.17) is 10.5 Å². The van der Waals surface area contributed by atoms with Crippen molar-refractivity contribution in [2.75, 3.05) is 0 Å². The van der Waals surface area contributed by atoms with Crippen LogP contribution in [0.4, 0.5) is 10.1 Å². The molecule has 1 fully saturated rings. The molecule has 1 aliphatic carbocycles. The average Bonchev–Trinajstić information content (AvgIpc) is 2.60. The van der Waals surface area contributed by atoms with Crippen LogP contribution in [0.15, 0.2) is 18.2 Å². The minimum absolute atomic E-state index is 0.0129. The second-order valence-electron chi connectivity index (χ2n) is 5.23. The zero-order valence-electron chi connectivity index (χ0n) is 11.3. The molecule has 20 heavy (non-hydrogen) atoms. The molecule has 110 valence electrons. The van der Waals surface area contributed by atoms with Crippen molar-refractivity contribution in [1.82, 2.24) is 0 Å². The van der Waals surface area contributed by atoms with Crippen molar-refractivity contribution in [3.63, 3.8) is 0 Å². The smallest absolute Gasteiger partial charge is 0.272 e. The highest BCUT2D eigenvalue weighted by Crippen LogP contribution is 2.22. The Kier molecular flexibility index (Phi) is 5.03. The molecule has 0 bridgehead atoms. The highest BCUT2D eigenvalue weighted by Gasteiger charge is 2.21. The molecule has 0 amide bonds. The minimum atomic E-state index is -0.622. The van der Waals surface area contributed by atoms with Gasteiger partial charge in [0.25, 0.3) is 5.69 Å². The summed E-state index contributed by atoms with van der Waals surface area (Å²) in [5, 5.41) is 10.7. The Bertz CT molecular complexity index is 481. The number of non-ortho nitro benzene ring substituents is 1. The van der Waals surface area contributed by atoms with Gasteiger partial charge in [-0.1, -0.05) is 19.3 Å². The number of nitro groups is 1. The molecule has 0 saturated heterocycles. The van der Waals surface area contributed by atoms with Crippen molar-refractivity contribution in [2.45, 2.75) is 50.9 Å². The molecule has 1 saturated carbocycles. The second-order valence-corrected chi connectivity index (χ2v) is 5.23. The predicted octanol–water partition coefficient (Wildman–Crippen LogP) is 2.91. The molecule has 6 heteroatoms. The summed E-state index contributed by atoms with van der Waals surface area (Å²) >= 11 is 0. The lowest BCUT2D eigenvalue weighted by Gasteiger charge is -2.21. The number of hydrogen-bond acceptors (Lipinski definition) is 4. The van der Waals surface area contributed by atoms with Crippen molar-refractivity contribution >= 4 is 5.69 Å². The number of benzene rings is 1. The molecule has 5 nitrogen and oxygen atoms in total. The largest absolute Gasteiger partial charge is 0.372 e. The van der Waals surface area contributed by atoms with E-state index in [2.05, 4.69) is 0 Å². The van der Waals surface area contributed by atoms with Crippen LogP contribution in [0.1, 0.15) is 37.7 Å². The predicted molar refractivity (Wildman–Crippen MR) is 72.7 cm³/mol. The van der Waals surface area contributed by atoms with Gasteiger partial charge in [0.2, 0.25) is 0 Å². The van der Waals surface area contributed by atoms with Crippen LogP contribution in [-0.2, 0) is 11.3 Å². The van der Waals surface area contributed by atoms with Crippen LogP contribution in [-0.4, -0.2) is 17.1 Å². The van der Waals surface area contributed by atoms with E-state index >= 15 is 0 Å². The number of halogens is 1. The molecule has 0 radical (unpaired) electrons. The van der Waals surface area contributed by atoms with Gasteiger partial charge in [0.05, 0.1) is 23.7 Å². The lowest BCUT2D eigenvalue weighted by Crippen LogP contribution is -2.35. The van der Waals surface area contributed by atoms with Gasteiger partial charge >= 0.3 is 0 Å². The molecule has 2 rings (SSSR count). The first-order chi connectivity index (χ1) is 9.56. The summed E-state index contributed by atoms with van der Waals surface area (Å²) in [7, 11) is 0. The lowest BCUT2D eigenvalue weighted by atomic mass is 10.1. The fourth-order valence-electron chi connectivity index (χ4n) is 2.53. The Hall–Kier alpha value is -1.53. The van der Waals surface area contributed by atoms with Gasteiger partial charge in [-0.3, -0.25) is 10.1 Å². The summed E-state index contributed by atoms with van der Waals surface area (Å²) in [6, 6.07) is 3.49. The van der Waals surface area contributed by atoms with Gasteiger partial charge in [-0.2, -0.15) is 0 Å². The first-order valence-corrected chi connectivity index (χ1v) is 6.87. The molecule has 0 aliphatic heterocycles. The molecule has 0 spiro atoms. The summed E-state index contributed by atoms with van der Waals surface area (Å²) in [5.74, 6) is -0.622. The van der Waals surface area contributed by atoms with E-state index in [0.29, 0.717) is 5.56 Å². The molecule has 0 heterocycles. The second kappa shape index (κ2) is 6.76. The standard InChI is InChI=1S/C14H19FN2O3/c15-11-6-10(7-12(8-11)17(18)19)9-20-14-5-3-1-2-4-13(14)16/h6-8,13-14H,1-5,9,16H2. The van der Waals surface area contributed by atoms with Crippen molar-refractivity contribution in [2.24, 2.45) is 5.73 Å². The van der Waals surface area contributed by atoms with Crippen molar-refractivity contribution in [3.8, 4) is 0 Å². The van der Waals surface area contributed by atoms with Crippen LogP contribution in [0.5, 0.6) is 0 Å². The summed E-state index contributed by atoms with van der Waals surface area (Å²) in [6.45, 7) is 0.150. The Morgan fingerprint density at radius 3 is 2.80 bits per heavy atom. The zero-order valence-corrected chi connectivity index (χ0v) is 11.3. The third-order valence-electron chi connectivity index (χ3n) is 3.62. The molecule has 1 aliphatic rings. The third kappa shape index (κ3) is 3.98. The van der Waals surface area contributed by atoms with Gasteiger partial charge in [-0.25, -0.2) is 4.39 Å². The molecular formula is C14H19FN2O3. The van der Waals surface area contributed by atoms with Crippen LogP contribution >= 0.6 is 0 Å². The van der Waals surface area contributed by atoms with Gasteiger partial charge < -0.3 is 10.5 Å². The number of hydrogen-bond donors (Lipinski definition) is 1. The van der Waals surface area contributed by atoms with Gasteiger partial charge in [0, 0.05) is 12.1 Å². The number of nitrogens with zero attached hydrogens (tertiary/aromatic N) is 1. The van der Waals surface area contributed by atoms with Crippen molar-refractivity contribution < 1.29 is 14.1 Å². The normalized spacial score (nSPS) is 23.3. The van der Waals surface area contributed by atoms with Crippen LogP contribution in [0.3, 0.4) is 0 Å². The van der Waals surface area contributed by atoms with Gasteiger partial charge in [-0.05, 0) is 24.5 Å². The highest BCUT2D eigenvalue weighted by atomic mass is 19.1. The fourth-order valence-corrected chi connectivity index (χ4v) is 2.53. The number of nitrogens with two attached hydrogens (primary N) is 1. The van der Waals surface area contributed by atoms with E-state index in [9.17, 15) is 14.5 Å². The number of rotatable bonds is 4. The van der Waals surface area contributed by atoms with E-state index in [1.807, 2.05) is 0 Å². The van der Waals surface area contributed by atoms with Crippen molar-refractivity contribution in [1.29, 1.82) is 0 Å². The van der Waals surface area contributed by atoms with Gasteiger partial charge in [0.1, 0.15) is 5.82 Å². The SMILES string of the molecule is NC1CCCCCC1OCc1cc(F)cc([N+](=O)[O-])c1. The van der Waals surface area contributed by atoms with Crippen LogP contribution in [0.2, 0.25) is 0 Å². The quantitative estimate of drug-likeness (QED) is 0.523. The molecule has 2 N–H and O–H groups in total. The molecular weight excluding hydrogens is 263 g/mol. The van der Waals surface area contributed by atoms with Crippen LogP contribution < -0.4 is 5.73 Å². The first kappa shape index (κ1) is 14.9. The van der Waals surface area contributed by atoms with Crippen LogP contribution in [0, 0.1) is 15.9 Å². The molecule has 0 aromatic heterocycles. The summed E-state index contributed by atoms with van der Waals surface area (Å²) < 4.78 is 19.0. The Morgan fingerprint density at radius 1 is 1.30 bits per heavy atom. The average molecular weight is 282 g/mol. The third-order valence-corrected chi connectivity index (χ3v) is 3.62. The topological polar surface area (TPSA) is 78.4 Å². The fraction of sp³-hybridized carbons (Fsp3) is 0.571. The maximum Gasteiger partial charge on any atom is 0.272 e. The van der Waals surface area contributed by atoms with Gasteiger partial charge in [-0.15, -0.1) is 0 Å². The van der Waals surface area contributed by atoms with E-state index in [1.54, 1.807) is 0 Å². The Labute approximate surface area is 117 Å². The summed E-state index contributed by atoms with van der Waals surface area (Å²) in [5.41, 5.74) is 6.25. The number of ether oxygens (including phenoxy) is 1. The highest BCUT2D eigenvalue weighted by molar-refractivity contribution is 5.34. The van der Waals surface area contributed by atoms with E-state index in [1.165, 1.54) is 12.1 Å². The van der Waals surface area contributed by atoms with E-state index < -0.39 is 10.7 Å². The van der Waals surface area contributed by atoms with E-state index in [-0.39, 0.29) is 24.4 Å². The minimum Gasteiger partial charge on any atom is -0.372 e. The maximum absolute atomic E-state index is 13.3. The van der Waals surface area contributed by atoms with Crippen molar-refractivity contribution in [3.05, 3.63) is 39.7 Å². The lowest BCUT2D eigenvalue weighted by molar-refractivity contribution is -0.385. The van der Waals surface area contributed by atoms with Crippen LogP contribution in [0.25, 0.3) is 0 Å². The molecule has 2 unspecified atom stereocenters. The Balaban J connectivity index is 2.00. The van der Waals surface area contributed by atoms with E-state index in [0.717, 1.165) is 38.2 Å². The molecule has 1 aromatic rings. The monoisotopic (exact) mass is 282 g/mol. The summed E-state index contributed by atoms with van der Waals surface area (Å²) in [4.78, 5) is 10.1. The number of nitro benzene ring substituents is 1. The first-order valence-electron chi connectivity index (χ1n) is 6.87. The molecule has 1 aromatic carbocycles. The zero-order chi connectivity index (χ0) is 14.5. The molecule has 2 atom stereocenters. The summed E-state index contributed by atoms with van der Waals surface area (Å²) in [6.07, 6.45) is 5.08.